The first-order chi connectivity index (χ1) is 6.35. The van der Waals surface area contributed by atoms with Crippen LogP contribution in [0.25, 0.3) is 0 Å². The van der Waals surface area contributed by atoms with Gasteiger partial charge in [0.25, 0.3) is 0 Å². The summed E-state index contributed by atoms with van der Waals surface area (Å²) in [7, 11) is 0. The Kier molecular flexibility index (Phi) is 11.2. The molecule has 0 radical (unpaired) electrons. The summed E-state index contributed by atoms with van der Waals surface area (Å²) >= 11 is 2.74. The maximum absolute atomic E-state index is 2.46. The first-order valence-electron chi connectivity index (χ1n) is 5.22. The van der Waals surface area contributed by atoms with Crippen LogP contribution in [0.5, 0.6) is 0 Å². The fourth-order valence-electron chi connectivity index (χ4n) is 1.13. The van der Waals surface area contributed by atoms with E-state index < -0.39 is 0 Å². The van der Waals surface area contributed by atoms with Crippen LogP contribution in [0.3, 0.4) is 0 Å². The van der Waals surface area contributed by atoms with Gasteiger partial charge in [0.15, 0.2) is 0 Å². The molecule has 0 bridgehead atoms. The standard InChI is InChI=1S/C11H22SSe/c1-4-6-7-8-9-10-11(13-3)12-5-2/h10H,4-9H2,1-3H3/b11-10+. The Morgan fingerprint density at radius 3 is 2.54 bits per heavy atom. The molecule has 0 N–H and O–H groups in total. The van der Waals surface area contributed by atoms with E-state index in [-0.39, 0.29) is 0 Å². The van der Waals surface area contributed by atoms with Crippen LogP contribution >= 0.6 is 11.8 Å². The molecular weight excluding hydrogens is 243 g/mol. The Balaban J connectivity index is 3.42. The van der Waals surface area contributed by atoms with Crippen molar-refractivity contribution in [3.8, 4) is 0 Å². The van der Waals surface area contributed by atoms with Gasteiger partial charge in [-0.25, -0.2) is 0 Å². The van der Waals surface area contributed by atoms with E-state index >= 15 is 0 Å². The van der Waals surface area contributed by atoms with E-state index in [1.807, 2.05) is 11.8 Å². The fraction of sp³-hybridized carbons (Fsp3) is 0.818. The minimum absolute atomic E-state index is 0.714. The molecule has 0 aliphatic heterocycles. The van der Waals surface area contributed by atoms with Gasteiger partial charge in [-0.3, -0.25) is 0 Å². The molecule has 0 aromatic rings. The van der Waals surface area contributed by atoms with Crippen LogP contribution in [0.4, 0.5) is 0 Å². The summed E-state index contributed by atoms with van der Waals surface area (Å²) in [5, 5.41) is 0. The summed E-state index contributed by atoms with van der Waals surface area (Å²) in [5.74, 6) is 3.55. The van der Waals surface area contributed by atoms with E-state index in [0.29, 0.717) is 15.0 Å². The molecule has 0 heterocycles. The summed E-state index contributed by atoms with van der Waals surface area (Å²) in [6.07, 6.45) is 9.31. The number of hydrogen-bond acceptors (Lipinski definition) is 1. The molecule has 0 amide bonds. The molecule has 0 unspecified atom stereocenters. The zero-order valence-electron chi connectivity index (χ0n) is 9.14. The van der Waals surface area contributed by atoms with Gasteiger partial charge in [-0.05, 0) is 0 Å². The number of thioether (sulfide) groups is 1. The van der Waals surface area contributed by atoms with E-state index in [1.54, 1.807) is 3.80 Å². The second kappa shape index (κ2) is 10.7. The molecule has 0 aliphatic rings. The second-order valence-electron chi connectivity index (χ2n) is 3.01. The van der Waals surface area contributed by atoms with Gasteiger partial charge in [-0.1, -0.05) is 0 Å². The third-order valence-electron chi connectivity index (χ3n) is 1.86. The van der Waals surface area contributed by atoms with Gasteiger partial charge >= 0.3 is 94.1 Å². The number of rotatable bonds is 8. The molecule has 13 heavy (non-hydrogen) atoms. The van der Waals surface area contributed by atoms with Crippen LogP contribution in [0.1, 0.15) is 46.0 Å². The van der Waals surface area contributed by atoms with E-state index in [1.165, 1.54) is 37.9 Å². The molecule has 0 aromatic heterocycles. The van der Waals surface area contributed by atoms with Crippen LogP contribution in [-0.4, -0.2) is 20.7 Å². The Bertz CT molecular complexity index is 132. The third-order valence-corrected chi connectivity index (χ3v) is 5.40. The fourth-order valence-corrected chi connectivity index (χ4v) is 3.85. The van der Waals surface area contributed by atoms with E-state index in [2.05, 4.69) is 25.7 Å². The third kappa shape index (κ3) is 8.93. The predicted octanol–water partition coefficient (Wildman–Crippen LogP) is 4.30. The van der Waals surface area contributed by atoms with Crippen LogP contribution in [0, 0.1) is 0 Å². The molecule has 0 fully saturated rings. The number of unbranched alkanes of at least 4 members (excludes halogenated alkanes) is 4. The number of allylic oxidation sites excluding steroid dienone is 1. The zero-order chi connectivity index (χ0) is 9.94. The van der Waals surface area contributed by atoms with Gasteiger partial charge in [0.1, 0.15) is 0 Å². The van der Waals surface area contributed by atoms with E-state index in [4.69, 9.17) is 0 Å². The SMILES string of the molecule is CCCCCC/C=C(\SCC)[Se]C. The molecule has 0 rings (SSSR count). The molecule has 0 spiro atoms. The second-order valence-corrected chi connectivity index (χ2v) is 6.68. The number of hydrogen-bond donors (Lipinski definition) is 0. The van der Waals surface area contributed by atoms with Crippen LogP contribution in [0.2, 0.25) is 5.82 Å². The zero-order valence-corrected chi connectivity index (χ0v) is 11.7. The molecule has 0 nitrogen and oxygen atoms in total. The van der Waals surface area contributed by atoms with Crippen molar-refractivity contribution in [2.24, 2.45) is 0 Å². The minimum atomic E-state index is 0.714. The summed E-state index contributed by atoms with van der Waals surface area (Å²) in [6, 6.07) is 0. The molecule has 2 heteroatoms. The Morgan fingerprint density at radius 1 is 1.23 bits per heavy atom. The monoisotopic (exact) mass is 266 g/mol. The molecule has 0 saturated heterocycles. The average Bonchev–Trinajstić information content (AvgIpc) is 2.16. The quantitative estimate of drug-likeness (QED) is 0.465. The van der Waals surface area contributed by atoms with Crippen molar-refractivity contribution in [1.82, 2.24) is 0 Å². The van der Waals surface area contributed by atoms with E-state index in [0.717, 1.165) is 0 Å². The Labute approximate surface area is 94.1 Å². The molecule has 78 valence electrons. The molecular formula is C11H22SSe. The van der Waals surface area contributed by atoms with Gasteiger partial charge in [0, 0.05) is 0 Å². The summed E-state index contributed by atoms with van der Waals surface area (Å²) in [6.45, 7) is 4.50. The van der Waals surface area contributed by atoms with Crippen molar-refractivity contribution in [1.29, 1.82) is 0 Å². The van der Waals surface area contributed by atoms with Crippen molar-refractivity contribution in [2.45, 2.75) is 51.8 Å². The van der Waals surface area contributed by atoms with Crippen LogP contribution in [0.15, 0.2) is 9.88 Å². The van der Waals surface area contributed by atoms with Gasteiger partial charge in [-0.2, -0.15) is 0 Å². The Hall–Kier alpha value is 0.609. The molecule has 0 atom stereocenters. The average molecular weight is 265 g/mol. The summed E-state index contributed by atoms with van der Waals surface area (Å²) < 4.78 is 1.64. The van der Waals surface area contributed by atoms with Gasteiger partial charge < -0.3 is 0 Å². The van der Waals surface area contributed by atoms with Gasteiger partial charge in [-0.15, -0.1) is 0 Å². The molecule has 0 saturated carbocycles. The summed E-state index contributed by atoms with van der Waals surface area (Å²) in [4.78, 5) is 0. The van der Waals surface area contributed by atoms with Crippen LogP contribution in [-0.2, 0) is 0 Å². The first kappa shape index (κ1) is 13.6. The van der Waals surface area contributed by atoms with Crippen LogP contribution < -0.4 is 0 Å². The maximum atomic E-state index is 2.46. The topological polar surface area (TPSA) is 0 Å². The van der Waals surface area contributed by atoms with Crippen molar-refractivity contribution < 1.29 is 0 Å². The van der Waals surface area contributed by atoms with Gasteiger partial charge in [0.2, 0.25) is 0 Å². The van der Waals surface area contributed by atoms with E-state index in [9.17, 15) is 0 Å². The van der Waals surface area contributed by atoms with Crippen molar-refractivity contribution >= 4 is 26.7 Å². The first-order valence-corrected chi connectivity index (χ1v) is 8.77. The predicted molar refractivity (Wildman–Crippen MR) is 66.6 cm³/mol. The van der Waals surface area contributed by atoms with Crippen molar-refractivity contribution in [3.05, 3.63) is 9.88 Å². The van der Waals surface area contributed by atoms with Crippen molar-refractivity contribution in [2.75, 3.05) is 5.75 Å². The van der Waals surface area contributed by atoms with Gasteiger partial charge in [0.05, 0.1) is 0 Å². The normalized spacial score (nSPS) is 12.1. The molecule has 0 aliphatic carbocycles. The molecule has 0 aromatic carbocycles. The summed E-state index contributed by atoms with van der Waals surface area (Å²) in [5.41, 5.74) is 0. The van der Waals surface area contributed by atoms with Crippen molar-refractivity contribution in [3.63, 3.8) is 0 Å². The Morgan fingerprint density at radius 2 is 2.00 bits per heavy atom.